The van der Waals surface area contributed by atoms with E-state index in [9.17, 15) is 10.1 Å². The van der Waals surface area contributed by atoms with Crippen molar-refractivity contribution in [2.45, 2.75) is 26.4 Å². The molecule has 1 heterocycles. The second kappa shape index (κ2) is 10.2. The number of rotatable bonds is 7. The summed E-state index contributed by atoms with van der Waals surface area (Å²) in [5, 5.41) is 14.2. The van der Waals surface area contributed by atoms with Gasteiger partial charge in [-0.2, -0.15) is 15.0 Å². The third-order valence-corrected chi connectivity index (χ3v) is 5.55. The van der Waals surface area contributed by atoms with E-state index in [0.29, 0.717) is 34.5 Å². The Morgan fingerprint density at radius 1 is 1.15 bits per heavy atom. The Labute approximate surface area is 199 Å². The number of nitriles is 1. The second-order valence-electron chi connectivity index (χ2n) is 7.43. The molecular weight excluding hydrogens is 480 g/mol. The third kappa shape index (κ3) is 5.18. The van der Waals surface area contributed by atoms with Crippen LogP contribution in [0.1, 0.15) is 35.9 Å². The number of fused-ring (bicyclic) bond motifs is 1. The van der Waals surface area contributed by atoms with Gasteiger partial charge in [0.2, 0.25) is 0 Å². The summed E-state index contributed by atoms with van der Waals surface area (Å²) in [6, 6.07) is 22.4. The van der Waals surface area contributed by atoms with Crippen molar-refractivity contribution in [3.63, 3.8) is 0 Å². The van der Waals surface area contributed by atoms with Crippen molar-refractivity contribution in [1.29, 1.82) is 5.26 Å². The van der Waals surface area contributed by atoms with Gasteiger partial charge in [0.1, 0.15) is 18.2 Å². The van der Waals surface area contributed by atoms with Crippen molar-refractivity contribution in [2.24, 2.45) is 5.10 Å². The molecular formula is C26H21BrN4O2. The van der Waals surface area contributed by atoms with Gasteiger partial charge in [0.25, 0.3) is 5.56 Å². The second-order valence-corrected chi connectivity index (χ2v) is 8.35. The summed E-state index contributed by atoms with van der Waals surface area (Å²) in [7, 11) is 0. The van der Waals surface area contributed by atoms with Crippen LogP contribution in [0.15, 0.2) is 81.1 Å². The minimum atomic E-state index is -0.207. The molecule has 6 nitrogen and oxygen atoms in total. The van der Waals surface area contributed by atoms with Gasteiger partial charge in [-0.05, 0) is 48.4 Å². The molecule has 0 atom stereocenters. The van der Waals surface area contributed by atoms with Crippen molar-refractivity contribution in [1.82, 2.24) is 9.66 Å². The number of hydrogen-bond acceptors (Lipinski definition) is 5. The lowest BCUT2D eigenvalue weighted by molar-refractivity contribution is 0.306. The molecule has 3 aromatic carbocycles. The Balaban J connectivity index is 1.62. The summed E-state index contributed by atoms with van der Waals surface area (Å²) in [6.07, 6.45) is 3.11. The highest BCUT2D eigenvalue weighted by molar-refractivity contribution is 9.10. The number of hydrogen-bond donors (Lipinski definition) is 0. The first kappa shape index (κ1) is 22.4. The molecule has 4 rings (SSSR count). The highest BCUT2D eigenvalue weighted by atomic mass is 79.9. The van der Waals surface area contributed by atoms with Crippen LogP contribution in [-0.4, -0.2) is 15.9 Å². The van der Waals surface area contributed by atoms with Crippen LogP contribution in [0.4, 0.5) is 0 Å². The molecule has 0 radical (unpaired) electrons. The maximum Gasteiger partial charge on any atom is 0.282 e. The van der Waals surface area contributed by atoms with Gasteiger partial charge in [-0.15, -0.1) is 0 Å². The van der Waals surface area contributed by atoms with Crippen LogP contribution >= 0.6 is 15.9 Å². The van der Waals surface area contributed by atoms with Crippen molar-refractivity contribution >= 4 is 33.0 Å². The monoisotopic (exact) mass is 500 g/mol. The Hall–Kier alpha value is -3.76. The topological polar surface area (TPSA) is 80.3 Å². The molecule has 164 valence electrons. The maximum atomic E-state index is 13.1. The van der Waals surface area contributed by atoms with Gasteiger partial charge in [0.15, 0.2) is 0 Å². The normalized spacial score (nSPS) is 11.1. The van der Waals surface area contributed by atoms with E-state index in [1.54, 1.807) is 18.3 Å². The van der Waals surface area contributed by atoms with Crippen LogP contribution in [-0.2, 0) is 13.0 Å². The number of benzene rings is 3. The summed E-state index contributed by atoms with van der Waals surface area (Å²) in [5.41, 5.74) is 2.65. The number of aromatic nitrogens is 2. The fourth-order valence-corrected chi connectivity index (χ4v) is 3.79. The molecule has 0 spiro atoms. The van der Waals surface area contributed by atoms with E-state index in [-0.39, 0.29) is 12.2 Å². The average Bonchev–Trinajstić information content (AvgIpc) is 2.83. The Morgan fingerprint density at radius 2 is 2.00 bits per heavy atom. The van der Waals surface area contributed by atoms with Crippen LogP contribution in [0.5, 0.6) is 5.75 Å². The van der Waals surface area contributed by atoms with E-state index in [1.165, 1.54) is 4.68 Å². The highest BCUT2D eigenvalue weighted by Crippen LogP contribution is 2.18. The third-order valence-electron chi connectivity index (χ3n) is 5.06. The fourth-order valence-electron chi connectivity index (χ4n) is 3.42. The van der Waals surface area contributed by atoms with Gasteiger partial charge >= 0.3 is 0 Å². The zero-order valence-corrected chi connectivity index (χ0v) is 19.6. The largest absolute Gasteiger partial charge is 0.489 e. The number of halogens is 1. The molecule has 0 N–H and O–H groups in total. The number of aryl methyl sites for hydroxylation is 1. The molecule has 0 saturated heterocycles. The van der Waals surface area contributed by atoms with Crippen molar-refractivity contribution < 1.29 is 4.74 Å². The summed E-state index contributed by atoms with van der Waals surface area (Å²) in [5.74, 6) is 1.27. The zero-order valence-electron chi connectivity index (χ0n) is 18.0. The molecule has 4 aromatic rings. The summed E-state index contributed by atoms with van der Waals surface area (Å²) in [6.45, 7) is 2.32. The Morgan fingerprint density at radius 3 is 2.82 bits per heavy atom. The molecule has 7 heteroatoms. The van der Waals surface area contributed by atoms with E-state index in [0.717, 1.165) is 22.0 Å². The number of ether oxygens (including phenoxy) is 1. The molecule has 1 aromatic heterocycles. The summed E-state index contributed by atoms with van der Waals surface area (Å²) < 4.78 is 8.07. The van der Waals surface area contributed by atoms with Crippen LogP contribution in [0, 0.1) is 11.3 Å². The van der Waals surface area contributed by atoms with Gasteiger partial charge in [0.05, 0.1) is 28.8 Å². The van der Waals surface area contributed by atoms with Crippen LogP contribution in [0.25, 0.3) is 10.9 Å². The van der Waals surface area contributed by atoms with Gasteiger partial charge in [-0.3, -0.25) is 4.79 Å². The fraction of sp³-hybridized carbons (Fsp3) is 0.154. The van der Waals surface area contributed by atoms with Gasteiger partial charge < -0.3 is 4.74 Å². The van der Waals surface area contributed by atoms with E-state index in [4.69, 9.17) is 4.74 Å². The van der Waals surface area contributed by atoms with Crippen LogP contribution < -0.4 is 10.3 Å². The first-order chi connectivity index (χ1) is 16.1. The quantitative estimate of drug-likeness (QED) is 0.316. The summed E-state index contributed by atoms with van der Waals surface area (Å²) >= 11 is 3.42. The lowest BCUT2D eigenvalue weighted by Crippen LogP contribution is -2.22. The predicted molar refractivity (Wildman–Crippen MR) is 133 cm³/mol. The number of nitrogens with zero attached hydrogens (tertiary/aromatic N) is 4. The molecule has 0 aliphatic heterocycles. The lowest BCUT2D eigenvalue weighted by atomic mass is 10.1. The zero-order chi connectivity index (χ0) is 23.2. The smallest absolute Gasteiger partial charge is 0.282 e. The van der Waals surface area contributed by atoms with Crippen molar-refractivity contribution in [3.05, 3.63) is 104 Å². The molecule has 0 fully saturated rings. The van der Waals surface area contributed by atoms with Crippen molar-refractivity contribution in [3.8, 4) is 11.8 Å². The van der Waals surface area contributed by atoms with E-state index in [2.05, 4.69) is 32.1 Å². The summed E-state index contributed by atoms with van der Waals surface area (Å²) in [4.78, 5) is 17.8. The minimum Gasteiger partial charge on any atom is -0.489 e. The van der Waals surface area contributed by atoms with Gasteiger partial charge in [0, 0.05) is 16.5 Å². The molecule has 0 bridgehead atoms. The van der Waals surface area contributed by atoms with Crippen LogP contribution in [0.3, 0.4) is 0 Å². The van der Waals surface area contributed by atoms with Gasteiger partial charge in [-0.25, -0.2) is 4.98 Å². The van der Waals surface area contributed by atoms with E-state index < -0.39 is 0 Å². The van der Waals surface area contributed by atoms with Crippen LogP contribution in [0.2, 0.25) is 0 Å². The maximum absolute atomic E-state index is 13.1. The van der Waals surface area contributed by atoms with Crippen molar-refractivity contribution in [2.75, 3.05) is 0 Å². The Kier molecular flexibility index (Phi) is 6.96. The van der Waals surface area contributed by atoms with E-state index in [1.807, 2.05) is 61.5 Å². The lowest BCUT2D eigenvalue weighted by Gasteiger charge is -2.09. The Bertz CT molecular complexity index is 1440. The highest BCUT2D eigenvalue weighted by Gasteiger charge is 2.10. The molecule has 0 unspecified atom stereocenters. The molecule has 33 heavy (non-hydrogen) atoms. The molecule has 0 amide bonds. The van der Waals surface area contributed by atoms with Gasteiger partial charge in [-0.1, -0.05) is 53.2 Å². The first-order valence-electron chi connectivity index (χ1n) is 10.6. The minimum absolute atomic E-state index is 0.207. The molecule has 0 aliphatic rings. The first-order valence-corrected chi connectivity index (χ1v) is 11.3. The standard InChI is InChI=1S/C26H21BrN4O2/c1-2-6-25-30-24-12-11-21(27)14-23(24)26(32)31(25)29-16-18-7-5-10-22(13-18)33-17-20-9-4-3-8-19(20)15-28/h3-5,7-14,16H,2,6,17H2,1H3. The van der Waals surface area contributed by atoms with E-state index >= 15 is 0 Å². The predicted octanol–water partition coefficient (Wildman–Crippen LogP) is 5.44. The molecule has 0 aliphatic carbocycles. The SMILES string of the molecule is CCCc1nc2ccc(Br)cc2c(=O)n1N=Cc1cccc(OCc2ccccc2C#N)c1. The molecule has 0 saturated carbocycles. The average molecular weight is 501 g/mol.